The van der Waals surface area contributed by atoms with Crippen LogP contribution < -0.4 is 55.3 Å². The first kappa shape index (κ1) is 45.7. The van der Waals surface area contributed by atoms with Crippen molar-refractivity contribution < 1.29 is 48.9 Å². The van der Waals surface area contributed by atoms with E-state index in [2.05, 4.69) is 41.6 Å². The van der Waals surface area contributed by atoms with Crippen molar-refractivity contribution in [1.82, 2.24) is 31.6 Å². The van der Waals surface area contributed by atoms with Crippen molar-refractivity contribution in [3.8, 4) is 0 Å². The second-order valence-electron chi connectivity index (χ2n) is 12.7. The Hall–Kier alpha value is -6.49. The first-order valence-corrected chi connectivity index (χ1v) is 17.4. The lowest BCUT2D eigenvalue weighted by atomic mass is 10.0. The van der Waals surface area contributed by atoms with Crippen LogP contribution in [-0.4, -0.2) is 130 Å². The Kier molecular flexibility index (Phi) is 18.5. The molecule has 1 aromatic heterocycles. The van der Waals surface area contributed by atoms with Crippen molar-refractivity contribution in [2.45, 2.75) is 81.7 Å². The summed E-state index contributed by atoms with van der Waals surface area (Å²) in [7, 11) is 0. The molecule has 5 amide bonds. The molecule has 0 fully saturated rings. The molecule has 23 heteroatoms. The van der Waals surface area contributed by atoms with Gasteiger partial charge in [0, 0.05) is 36.6 Å². The minimum absolute atomic E-state index is 0.0258. The number of carboxylic acid groups (broad SMARTS) is 2. The van der Waals surface area contributed by atoms with E-state index < -0.39 is 90.8 Å². The number of aliphatic imine (C=N–C) groups is 2. The van der Waals surface area contributed by atoms with Gasteiger partial charge in [0.15, 0.2) is 11.9 Å². The fraction of sp³-hybridized carbons (Fsp3) is 0.485. The monoisotopic (exact) mass is 789 g/mol. The molecule has 2 aromatic rings. The molecule has 2 rings (SSSR count). The molecule has 0 saturated heterocycles. The van der Waals surface area contributed by atoms with Gasteiger partial charge in [0.05, 0.1) is 19.1 Å². The molecule has 1 aromatic carbocycles. The number of aromatic nitrogens is 1. The van der Waals surface area contributed by atoms with Gasteiger partial charge in [-0.2, -0.15) is 0 Å². The Morgan fingerprint density at radius 3 is 1.80 bits per heavy atom. The predicted molar refractivity (Wildman–Crippen MR) is 202 cm³/mol. The summed E-state index contributed by atoms with van der Waals surface area (Å²) in [6.45, 7) is 0.501. The first-order valence-electron chi connectivity index (χ1n) is 17.4. The van der Waals surface area contributed by atoms with Crippen molar-refractivity contribution >= 4 is 64.3 Å². The zero-order valence-electron chi connectivity index (χ0n) is 30.7. The maximum absolute atomic E-state index is 13.7. The van der Waals surface area contributed by atoms with E-state index >= 15 is 0 Å². The van der Waals surface area contributed by atoms with Gasteiger partial charge in [-0.15, -0.1) is 0 Å². The van der Waals surface area contributed by atoms with Crippen molar-refractivity contribution in [1.29, 1.82) is 0 Å². The number of benzene rings is 1. The molecule has 308 valence electrons. The summed E-state index contributed by atoms with van der Waals surface area (Å²) in [5.41, 5.74) is 28.2. The number of aliphatic hydroxyl groups excluding tert-OH is 1. The van der Waals surface area contributed by atoms with Crippen LogP contribution in [0.1, 0.15) is 44.6 Å². The number of para-hydroxylation sites is 1. The number of rotatable bonds is 24. The van der Waals surface area contributed by atoms with Crippen LogP contribution in [0.25, 0.3) is 10.9 Å². The molecule has 0 spiro atoms. The number of nitrogens with one attached hydrogen (secondary N) is 6. The van der Waals surface area contributed by atoms with Crippen LogP contribution in [0.2, 0.25) is 0 Å². The third kappa shape index (κ3) is 15.5. The van der Waals surface area contributed by atoms with E-state index in [0.717, 1.165) is 5.52 Å². The highest BCUT2D eigenvalue weighted by molar-refractivity contribution is 5.97. The van der Waals surface area contributed by atoms with E-state index in [1.165, 1.54) is 6.92 Å². The summed E-state index contributed by atoms with van der Waals surface area (Å²) in [5.74, 6) is -7.78. The maximum Gasteiger partial charge on any atom is 0.326 e. The summed E-state index contributed by atoms with van der Waals surface area (Å²) in [6.07, 6.45) is 0.973. The van der Waals surface area contributed by atoms with E-state index in [0.29, 0.717) is 10.9 Å². The molecule has 56 heavy (non-hydrogen) atoms. The van der Waals surface area contributed by atoms with Gasteiger partial charge in [-0.3, -0.25) is 38.8 Å². The number of carbonyl (C=O) groups excluding carboxylic acids is 5. The molecular weight excluding hydrogens is 738 g/mol. The van der Waals surface area contributed by atoms with Gasteiger partial charge in [0.25, 0.3) is 0 Å². The van der Waals surface area contributed by atoms with Gasteiger partial charge < -0.3 is 75.6 Å². The van der Waals surface area contributed by atoms with Crippen molar-refractivity contribution in [3.63, 3.8) is 0 Å². The van der Waals surface area contributed by atoms with Crippen molar-refractivity contribution in [2.24, 2.45) is 38.7 Å². The van der Waals surface area contributed by atoms with Gasteiger partial charge in [0.2, 0.25) is 29.5 Å². The van der Waals surface area contributed by atoms with E-state index in [1.54, 1.807) is 30.5 Å². The molecule has 0 bridgehead atoms. The molecule has 23 nitrogen and oxygen atoms in total. The lowest BCUT2D eigenvalue weighted by molar-refractivity contribution is -0.142. The van der Waals surface area contributed by atoms with Crippen LogP contribution >= 0.6 is 0 Å². The topological polar surface area (TPSA) is 411 Å². The van der Waals surface area contributed by atoms with Crippen LogP contribution in [0.15, 0.2) is 40.4 Å². The summed E-state index contributed by atoms with van der Waals surface area (Å²) >= 11 is 0. The molecule has 1 heterocycles. The number of carbonyl (C=O) groups is 7. The predicted octanol–water partition coefficient (Wildman–Crippen LogP) is -4.86. The third-order valence-corrected chi connectivity index (χ3v) is 8.17. The highest BCUT2D eigenvalue weighted by atomic mass is 16.4. The van der Waals surface area contributed by atoms with Crippen molar-refractivity contribution in [2.75, 3.05) is 19.7 Å². The Bertz CT molecular complexity index is 1760. The number of fused-ring (bicyclic) bond motifs is 1. The highest BCUT2D eigenvalue weighted by Crippen LogP contribution is 2.19. The fourth-order valence-corrected chi connectivity index (χ4v) is 5.24. The molecule has 0 radical (unpaired) electrons. The molecule has 0 saturated carbocycles. The second-order valence-corrected chi connectivity index (χ2v) is 12.7. The minimum Gasteiger partial charge on any atom is -0.481 e. The average Bonchev–Trinajstić information content (AvgIpc) is 3.54. The van der Waals surface area contributed by atoms with Gasteiger partial charge >= 0.3 is 11.9 Å². The van der Waals surface area contributed by atoms with Gasteiger partial charge in [-0.1, -0.05) is 18.2 Å². The summed E-state index contributed by atoms with van der Waals surface area (Å²) in [5, 5.41) is 41.4. The number of aliphatic hydroxyl groups is 1. The molecule has 0 aliphatic rings. The zero-order chi connectivity index (χ0) is 41.9. The number of carboxylic acids is 2. The Labute approximate surface area is 320 Å². The smallest absolute Gasteiger partial charge is 0.326 e. The van der Waals surface area contributed by atoms with Crippen LogP contribution in [0.5, 0.6) is 0 Å². The summed E-state index contributed by atoms with van der Waals surface area (Å²) in [6, 6.07) is -1.53. The number of hydrogen-bond donors (Lipinski definition) is 14. The molecular formula is C33H51N13O10. The Morgan fingerprint density at radius 1 is 0.714 bits per heavy atom. The SMILES string of the molecule is C[C@H](NC(=O)[C@H](Cc1c[nH]c2ccccc12)NC(=O)[C@H](CO)NC(=O)[C@H](CCCN=C(N)N)NC(=O)[C@@H](N)CC(=O)O)C(=O)N[C@@H](CCCN=C(N)N)C(=O)O. The second kappa shape index (κ2) is 22.7. The third-order valence-electron chi connectivity index (χ3n) is 8.17. The van der Waals surface area contributed by atoms with Crippen LogP contribution in [0, 0.1) is 0 Å². The zero-order valence-corrected chi connectivity index (χ0v) is 30.7. The number of amides is 5. The molecule has 0 aliphatic carbocycles. The minimum atomic E-state index is -1.68. The number of guanidine groups is 2. The number of aromatic amines is 1. The van der Waals surface area contributed by atoms with Crippen LogP contribution in [0.3, 0.4) is 0 Å². The number of H-pyrrole nitrogens is 1. The Balaban J connectivity index is 2.28. The number of nitrogens with two attached hydrogens (primary N) is 5. The van der Waals surface area contributed by atoms with E-state index in [9.17, 15) is 43.8 Å². The van der Waals surface area contributed by atoms with Gasteiger partial charge in [-0.25, -0.2) is 4.79 Å². The Morgan fingerprint density at radius 2 is 1.23 bits per heavy atom. The maximum atomic E-state index is 13.7. The first-order chi connectivity index (χ1) is 26.4. The van der Waals surface area contributed by atoms with E-state index in [-0.39, 0.29) is 57.1 Å². The summed E-state index contributed by atoms with van der Waals surface area (Å²) < 4.78 is 0. The fourth-order valence-electron chi connectivity index (χ4n) is 5.24. The van der Waals surface area contributed by atoms with Gasteiger partial charge in [0.1, 0.15) is 30.2 Å². The lowest BCUT2D eigenvalue weighted by Gasteiger charge is -2.26. The number of aliphatic carboxylic acids is 2. The van der Waals surface area contributed by atoms with E-state index in [4.69, 9.17) is 33.8 Å². The molecule has 0 unspecified atom stereocenters. The van der Waals surface area contributed by atoms with Crippen LogP contribution in [0.4, 0.5) is 0 Å². The quantitative estimate of drug-likeness (QED) is 0.0269. The molecule has 19 N–H and O–H groups in total. The number of hydrogen-bond acceptors (Lipinski definition) is 11. The normalized spacial score (nSPS) is 14.1. The average molecular weight is 790 g/mol. The number of nitrogens with zero attached hydrogens (tertiary/aromatic N) is 2. The summed E-state index contributed by atoms with van der Waals surface area (Å²) in [4.78, 5) is 99.7. The lowest BCUT2D eigenvalue weighted by Crippen LogP contribution is -2.60. The van der Waals surface area contributed by atoms with E-state index in [1.807, 2.05) is 0 Å². The molecule has 0 aliphatic heterocycles. The largest absolute Gasteiger partial charge is 0.481 e. The van der Waals surface area contributed by atoms with Gasteiger partial charge in [-0.05, 0) is 44.2 Å². The van der Waals surface area contributed by atoms with Crippen LogP contribution in [-0.2, 0) is 40.0 Å². The highest BCUT2D eigenvalue weighted by Gasteiger charge is 2.32. The standard InChI is InChI=1S/C33H51N13O10/c1-16(26(50)44-22(31(55)56)9-5-11-40-33(37)38)42-29(53)23(12-17-14-41-20-7-3-2-6-18(17)20)45-30(54)24(15-47)46-28(52)21(8-4-10-39-32(35)36)43-27(51)19(34)13-25(48)49/h2-3,6-7,14,16,19,21-24,41,47H,4-5,8-13,15,34H2,1H3,(H,42,53)(H,43,51)(H,44,50)(H,45,54)(H,46,52)(H,48,49)(H,55,56)(H4,35,36,39)(H4,37,38,40)/t16-,19-,21-,22-,23-,24-/m0/s1. The van der Waals surface area contributed by atoms with Crippen molar-refractivity contribution in [3.05, 3.63) is 36.0 Å². The molecule has 6 atom stereocenters.